The lowest BCUT2D eigenvalue weighted by Gasteiger charge is -2.19. The van der Waals surface area contributed by atoms with E-state index in [1.165, 1.54) is 44.6 Å². The molecule has 1 aliphatic rings. The van der Waals surface area contributed by atoms with Crippen molar-refractivity contribution >= 4 is 5.69 Å². The van der Waals surface area contributed by atoms with Crippen LogP contribution in [-0.2, 0) is 0 Å². The Labute approximate surface area is 97.1 Å². The molecule has 0 aliphatic heterocycles. The van der Waals surface area contributed by atoms with Gasteiger partial charge >= 0.3 is 0 Å². The topological polar surface area (TPSA) is 12.0 Å². The molecule has 0 atom stereocenters. The molecule has 1 fully saturated rings. The molecule has 2 rings (SSSR count). The van der Waals surface area contributed by atoms with Crippen molar-refractivity contribution in [1.29, 1.82) is 0 Å². The normalized spacial score (nSPS) is 18.1. The first-order chi connectivity index (χ1) is 7.77. The number of anilines is 1. The monoisotopic (exact) mass is 221 g/mol. The van der Waals surface area contributed by atoms with E-state index in [2.05, 4.69) is 5.32 Å². The molecule has 1 aromatic rings. The Morgan fingerprint density at radius 3 is 2.50 bits per heavy atom. The second kappa shape index (κ2) is 5.33. The summed E-state index contributed by atoms with van der Waals surface area (Å²) >= 11 is 0. The molecule has 1 aliphatic carbocycles. The molecule has 1 aromatic carbocycles. The zero-order chi connectivity index (χ0) is 11.4. The summed E-state index contributed by atoms with van der Waals surface area (Å²) < 4.78 is 13.4. The van der Waals surface area contributed by atoms with Crippen molar-refractivity contribution in [2.24, 2.45) is 0 Å². The SMILES string of the molecule is Cc1c(F)cccc1NC1CCCCCC1. The van der Waals surface area contributed by atoms with Gasteiger partial charge in [-0.2, -0.15) is 0 Å². The summed E-state index contributed by atoms with van der Waals surface area (Å²) in [6.45, 7) is 1.84. The van der Waals surface area contributed by atoms with Gasteiger partial charge in [-0.3, -0.25) is 0 Å². The Hall–Kier alpha value is -1.05. The van der Waals surface area contributed by atoms with Gasteiger partial charge in [0.15, 0.2) is 0 Å². The molecule has 0 heterocycles. The molecule has 1 N–H and O–H groups in total. The average molecular weight is 221 g/mol. The largest absolute Gasteiger partial charge is 0.382 e. The summed E-state index contributed by atoms with van der Waals surface area (Å²) in [5.74, 6) is -0.112. The number of nitrogens with one attached hydrogen (secondary N) is 1. The molecule has 0 saturated heterocycles. The van der Waals surface area contributed by atoms with Gasteiger partial charge in [0, 0.05) is 17.3 Å². The van der Waals surface area contributed by atoms with Crippen LogP contribution < -0.4 is 5.32 Å². The Morgan fingerprint density at radius 1 is 1.12 bits per heavy atom. The first-order valence-corrected chi connectivity index (χ1v) is 6.29. The summed E-state index contributed by atoms with van der Waals surface area (Å²) in [6, 6.07) is 5.81. The van der Waals surface area contributed by atoms with Crippen LogP contribution in [0, 0.1) is 12.7 Å². The zero-order valence-corrected chi connectivity index (χ0v) is 9.93. The third-order valence-electron chi connectivity index (χ3n) is 3.48. The van der Waals surface area contributed by atoms with E-state index in [1.54, 1.807) is 6.07 Å². The van der Waals surface area contributed by atoms with Crippen LogP contribution in [0.3, 0.4) is 0 Å². The Morgan fingerprint density at radius 2 is 1.81 bits per heavy atom. The van der Waals surface area contributed by atoms with Gasteiger partial charge in [0.25, 0.3) is 0 Å². The molecule has 1 nitrogen and oxygen atoms in total. The maximum atomic E-state index is 13.4. The summed E-state index contributed by atoms with van der Waals surface area (Å²) in [4.78, 5) is 0. The van der Waals surface area contributed by atoms with E-state index >= 15 is 0 Å². The number of hydrogen-bond donors (Lipinski definition) is 1. The van der Waals surface area contributed by atoms with Gasteiger partial charge in [0.05, 0.1) is 0 Å². The second-order valence-corrected chi connectivity index (χ2v) is 4.75. The highest BCUT2D eigenvalue weighted by molar-refractivity contribution is 5.51. The Balaban J connectivity index is 2.04. The number of halogens is 1. The predicted octanol–water partition coefficient (Wildman–Crippen LogP) is 4.27. The third kappa shape index (κ3) is 2.75. The van der Waals surface area contributed by atoms with Crippen molar-refractivity contribution in [3.8, 4) is 0 Å². The van der Waals surface area contributed by atoms with Gasteiger partial charge in [-0.1, -0.05) is 31.7 Å². The Bertz CT molecular complexity index is 341. The van der Waals surface area contributed by atoms with E-state index < -0.39 is 0 Å². The molecule has 0 radical (unpaired) electrons. The van der Waals surface area contributed by atoms with E-state index in [0.29, 0.717) is 6.04 Å². The first-order valence-electron chi connectivity index (χ1n) is 6.29. The summed E-state index contributed by atoms with van der Waals surface area (Å²) in [5.41, 5.74) is 1.71. The average Bonchev–Trinajstić information content (AvgIpc) is 2.53. The Kier molecular flexibility index (Phi) is 3.81. The summed E-state index contributed by atoms with van der Waals surface area (Å²) in [7, 11) is 0. The highest BCUT2D eigenvalue weighted by Gasteiger charge is 2.13. The molecule has 0 aromatic heterocycles. The molecule has 1 saturated carbocycles. The molecule has 0 amide bonds. The van der Waals surface area contributed by atoms with Crippen molar-refractivity contribution in [1.82, 2.24) is 0 Å². The molecule has 0 bridgehead atoms. The minimum Gasteiger partial charge on any atom is -0.382 e. The van der Waals surface area contributed by atoms with Crippen LogP contribution in [0.25, 0.3) is 0 Å². The van der Waals surface area contributed by atoms with Gasteiger partial charge in [-0.15, -0.1) is 0 Å². The second-order valence-electron chi connectivity index (χ2n) is 4.75. The fourth-order valence-electron chi connectivity index (χ4n) is 2.41. The van der Waals surface area contributed by atoms with Gasteiger partial charge in [0.2, 0.25) is 0 Å². The van der Waals surface area contributed by atoms with Crippen molar-refractivity contribution in [3.63, 3.8) is 0 Å². The summed E-state index contributed by atoms with van der Waals surface area (Å²) in [6.07, 6.45) is 7.73. The van der Waals surface area contributed by atoms with E-state index in [4.69, 9.17) is 0 Å². The van der Waals surface area contributed by atoms with Crippen molar-refractivity contribution in [2.45, 2.75) is 51.5 Å². The van der Waals surface area contributed by atoms with Crippen LogP contribution in [0.2, 0.25) is 0 Å². The quantitative estimate of drug-likeness (QED) is 0.735. The van der Waals surface area contributed by atoms with Crippen LogP contribution >= 0.6 is 0 Å². The number of benzene rings is 1. The van der Waals surface area contributed by atoms with Crippen molar-refractivity contribution in [3.05, 3.63) is 29.6 Å². The third-order valence-corrected chi connectivity index (χ3v) is 3.48. The van der Waals surface area contributed by atoms with Crippen LogP contribution in [0.15, 0.2) is 18.2 Å². The minimum absolute atomic E-state index is 0.112. The predicted molar refractivity (Wildman–Crippen MR) is 66.2 cm³/mol. The van der Waals surface area contributed by atoms with Gasteiger partial charge in [-0.25, -0.2) is 4.39 Å². The van der Waals surface area contributed by atoms with Gasteiger partial charge in [-0.05, 0) is 31.9 Å². The zero-order valence-electron chi connectivity index (χ0n) is 9.93. The molecule has 16 heavy (non-hydrogen) atoms. The fraction of sp³-hybridized carbons (Fsp3) is 0.571. The molecule has 2 heteroatoms. The first kappa shape index (κ1) is 11.4. The minimum atomic E-state index is -0.112. The molecule has 0 spiro atoms. The van der Waals surface area contributed by atoms with Gasteiger partial charge < -0.3 is 5.32 Å². The molecule has 0 unspecified atom stereocenters. The fourth-order valence-corrected chi connectivity index (χ4v) is 2.41. The van der Waals surface area contributed by atoms with E-state index in [0.717, 1.165) is 11.3 Å². The van der Waals surface area contributed by atoms with Crippen molar-refractivity contribution < 1.29 is 4.39 Å². The molecular weight excluding hydrogens is 201 g/mol. The lowest BCUT2D eigenvalue weighted by Crippen LogP contribution is -2.19. The van der Waals surface area contributed by atoms with Crippen LogP contribution in [0.5, 0.6) is 0 Å². The molecular formula is C14H20FN. The highest BCUT2D eigenvalue weighted by Crippen LogP contribution is 2.24. The lowest BCUT2D eigenvalue weighted by molar-refractivity contribution is 0.607. The van der Waals surface area contributed by atoms with Crippen molar-refractivity contribution in [2.75, 3.05) is 5.32 Å². The molecule has 88 valence electrons. The smallest absolute Gasteiger partial charge is 0.128 e. The summed E-state index contributed by atoms with van der Waals surface area (Å²) in [5, 5.41) is 3.49. The van der Waals surface area contributed by atoms with E-state index in [-0.39, 0.29) is 5.82 Å². The van der Waals surface area contributed by atoms with Crippen LogP contribution in [-0.4, -0.2) is 6.04 Å². The van der Waals surface area contributed by atoms with Crippen LogP contribution in [0.4, 0.5) is 10.1 Å². The number of hydrogen-bond acceptors (Lipinski definition) is 1. The van der Waals surface area contributed by atoms with Gasteiger partial charge in [0.1, 0.15) is 5.82 Å². The maximum absolute atomic E-state index is 13.4. The van der Waals surface area contributed by atoms with E-state index in [1.807, 2.05) is 13.0 Å². The van der Waals surface area contributed by atoms with Crippen LogP contribution in [0.1, 0.15) is 44.1 Å². The lowest BCUT2D eigenvalue weighted by atomic mass is 10.1. The highest BCUT2D eigenvalue weighted by atomic mass is 19.1. The maximum Gasteiger partial charge on any atom is 0.128 e. The number of rotatable bonds is 2. The van der Waals surface area contributed by atoms with E-state index in [9.17, 15) is 4.39 Å². The standard InChI is InChI=1S/C14H20FN/c1-11-13(15)9-6-10-14(11)16-12-7-4-2-3-5-8-12/h6,9-10,12,16H,2-5,7-8H2,1H3.